The van der Waals surface area contributed by atoms with Crippen LogP contribution in [0, 0.1) is 11.8 Å². The van der Waals surface area contributed by atoms with E-state index in [0.29, 0.717) is 30.6 Å². The van der Waals surface area contributed by atoms with Crippen molar-refractivity contribution in [2.45, 2.75) is 38.6 Å². The number of anilines is 2. The average Bonchev–Trinajstić information content (AvgIpc) is 2.91. The van der Waals surface area contributed by atoms with Gasteiger partial charge in [-0.15, -0.1) is 0 Å². The van der Waals surface area contributed by atoms with Crippen LogP contribution < -0.4 is 15.3 Å². The Hall–Kier alpha value is -3.61. The molecular formula is C28H32N4O3. The van der Waals surface area contributed by atoms with Crippen molar-refractivity contribution in [2.24, 2.45) is 11.8 Å². The normalized spacial score (nSPS) is 22.0. The smallest absolute Gasteiger partial charge is 0.253 e. The number of fused-ring (bicyclic) bond motifs is 1. The van der Waals surface area contributed by atoms with Crippen LogP contribution in [0.15, 0.2) is 60.7 Å². The molecule has 0 saturated carbocycles. The molecule has 182 valence electrons. The van der Waals surface area contributed by atoms with Crippen molar-refractivity contribution < 1.29 is 14.4 Å². The first kappa shape index (κ1) is 23.1. The van der Waals surface area contributed by atoms with Crippen molar-refractivity contribution in [3.8, 4) is 0 Å². The summed E-state index contributed by atoms with van der Waals surface area (Å²) in [6.45, 7) is 2.69. The predicted molar refractivity (Wildman–Crippen MR) is 136 cm³/mol. The van der Waals surface area contributed by atoms with Crippen LogP contribution in [0.25, 0.3) is 0 Å². The molecular weight excluding hydrogens is 440 g/mol. The number of hydrogen-bond donors (Lipinski definition) is 1. The third kappa shape index (κ3) is 4.81. The molecule has 2 aliphatic heterocycles. The van der Waals surface area contributed by atoms with Crippen LogP contribution in [-0.2, 0) is 16.1 Å². The van der Waals surface area contributed by atoms with Gasteiger partial charge >= 0.3 is 0 Å². The SMILES string of the molecule is CN(Cc1ccc(N2CCCCC2)cc1)C(=O)c1cccc(N2NC(=O)[C@@H]3CC=CC[C@@H]3C2=O)c1. The molecule has 7 heteroatoms. The fourth-order valence-corrected chi connectivity index (χ4v) is 5.29. The fraction of sp³-hybridized carbons (Fsp3) is 0.393. The standard InChI is InChI=1S/C28H32N4O3/c1-30(19-20-12-14-22(15-13-20)31-16-5-2-6-17-31)27(34)21-8-7-9-23(18-21)32-28(35)25-11-4-3-10-24(25)26(33)29-32/h3-4,7-9,12-15,18,24-25H,2,5-6,10-11,16-17,19H2,1H3,(H,29,33)/t24-,25+/m1/s1. The molecule has 1 aliphatic carbocycles. The Morgan fingerprint density at radius 3 is 2.40 bits per heavy atom. The van der Waals surface area contributed by atoms with Gasteiger partial charge in [0.2, 0.25) is 11.8 Å². The van der Waals surface area contributed by atoms with Crippen LogP contribution in [0.4, 0.5) is 11.4 Å². The minimum atomic E-state index is -0.358. The van der Waals surface area contributed by atoms with Crippen LogP contribution in [-0.4, -0.2) is 42.8 Å². The minimum Gasteiger partial charge on any atom is -0.372 e. The summed E-state index contributed by atoms with van der Waals surface area (Å²) in [5.74, 6) is -1.10. The molecule has 2 atom stereocenters. The third-order valence-corrected chi connectivity index (χ3v) is 7.30. The molecule has 2 aromatic rings. The van der Waals surface area contributed by atoms with E-state index < -0.39 is 0 Å². The summed E-state index contributed by atoms with van der Waals surface area (Å²) in [6, 6.07) is 15.3. The van der Waals surface area contributed by atoms with Gasteiger partial charge in [0.25, 0.3) is 5.91 Å². The molecule has 7 nitrogen and oxygen atoms in total. The second-order valence-electron chi connectivity index (χ2n) is 9.73. The van der Waals surface area contributed by atoms with Gasteiger partial charge in [-0.05, 0) is 68.0 Å². The summed E-state index contributed by atoms with van der Waals surface area (Å²) >= 11 is 0. The zero-order chi connectivity index (χ0) is 24.4. The number of piperidine rings is 1. The number of carbonyl (C=O) groups is 3. The van der Waals surface area contributed by atoms with Crippen LogP contribution in [0.5, 0.6) is 0 Å². The lowest BCUT2D eigenvalue weighted by atomic mass is 9.80. The molecule has 3 amide bonds. The molecule has 2 aromatic carbocycles. The zero-order valence-electron chi connectivity index (χ0n) is 20.2. The van der Waals surface area contributed by atoms with Gasteiger partial charge in [0.15, 0.2) is 0 Å². The molecule has 0 bridgehead atoms. The second-order valence-corrected chi connectivity index (χ2v) is 9.73. The maximum absolute atomic E-state index is 13.2. The number of nitrogens with one attached hydrogen (secondary N) is 1. The summed E-state index contributed by atoms with van der Waals surface area (Å²) in [6.07, 6.45) is 8.85. The van der Waals surface area contributed by atoms with Crippen LogP contribution in [0.3, 0.4) is 0 Å². The fourth-order valence-electron chi connectivity index (χ4n) is 5.29. The maximum Gasteiger partial charge on any atom is 0.253 e. The van der Waals surface area contributed by atoms with Crippen molar-refractivity contribution in [1.82, 2.24) is 10.3 Å². The number of amides is 3. The highest BCUT2D eigenvalue weighted by Gasteiger charge is 2.42. The van der Waals surface area contributed by atoms with E-state index in [1.54, 1.807) is 36.2 Å². The molecule has 5 rings (SSSR count). The molecule has 1 N–H and O–H groups in total. The molecule has 0 aromatic heterocycles. The van der Waals surface area contributed by atoms with E-state index in [9.17, 15) is 14.4 Å². The van der Waals surface area contributed by atoms with Gasteiger partial charge in [-0.25, -0.2) is 5.01 Å². The van der Waals surface area contributed by atoms with Crippen molar-refractivity contribution in [3.05, 3.63) is 71.8 Å². The predicted octanol–water partition coefficient (Wildman–Crippen LogP) is 3.91. The average molecular weight is 473 g/mol. The minimum absolute atomic E-state index is 0.134. The maximum atomic E-state index is 13.2. The molecule has 3 aliphatic rings. The van der Waals surface area contributed by atoms with E-state index >= 15 is 0 Å². The first-order valence-corrected chi connectivity index (χ1v) is 12.5. The molecule has 2 heterocycles. The van der Waals surface area contributed by atoms with Gasteiger partial charge in [-0.2, -0.15) is 0 Å². The van der Waals surface area contributed by atoms with Gasteiger partial charge in [-0.3, -0.25) is 19.8 Å². The zero-order valence-corrected chi connectivity index (χ0v) is 20.2. The Labute approximate surface area is 206 Å². The Bertz CT molecular complexity index is 1140. The molecule has 0 unspecified atom stereocenters. The number of nitrogens with zero attached hydrogens (tertiary/aromatic N) is 3. The highest BCUT2D eigenvalue weighted by molar-refractivity contribution is 6.05. The van der Waals surface area contributed by atoms with Crippen molar-refractivity contribution >= 4 is 29.1 Å². The quantitative estimate of drug-likeness (QED) is 0.670. The Kier molecular flexibility index (Phi) is 6.57. The topological polar surface area (TPSA) is 73.0 Å². The number of benzene rings is 2. The van der Waals surface area contributed by atoms with Gasteiger partial charge in [-0.1, -0.05) is 30.4 Å². The highest BCUT2D eigenvalue weighted by atomic mass is 16.2. The van der Waals surface area contributed by atoms with Crippen LogP contribution in [0.2, 0.25) is 0 Å². The Morgan fingerprint density at radius 1 is 0.943 bits per heavy atom. The monoisotopic (exact) mass is 472 g/mol. The number of allylic oxidation sites excluding steroid dienone is 2. The van der Waals surface area contributed by atoms with E-state index in [-0.39, 0.29) is 29.6 Å². The van der Waals surface area contributed by atoms with Crippen molar-refractivity contribution in [1.29, 1.82) is 0 Å². The van der Waals surface area contributed by atoms with Gasteiger partial charge in [0.1, 0.15) is 0 Å². The number of rotatable bonds is 5. The van der Waals surface area contributed by atoms with Gasteiger partial charge in [0.05, 0.1) is 17.5 Å². The number of hydrogen-bond acceptors (Lipinski definition) is 4. The summed E-state index contributed by atoms with van der Waals surface area (Å²) in [5.41, 5.74) is 6.01. The second kappa shape index (κ2) is 9.94. The first-order valence-electron chi connectivity index (χ1n) is 12.5. The van der Waals surface area contributed by atoms with Crippen LogP contribution >= 0.6 is 0 Å². The molecule has 0 radical (unpaired) electrons. The Balaban J connectivity index is 1.26. The summed E-state index contributed by atoms with van der Waals surface area (Å²) in [4.78, 5) is 43.0. The van der Waals surface area contributed by atoms with E-state index in [1.807, 2.05) is 12.2 Å². The Morgan fingerprint density at radius 2 is 1.66 bits per heavy atom. The molecule has 35 heavy (non-hydrogen) atoms. The lowest BCUT2D eigenvalue weighted by Gasteiger charge is -2.38. The highest BCUT2D eigenvalue weighted by Crippen LogP contribution is 2.32. The molecule has 2 saturated heterocycles. The lowest BCUT2D eigenvalue weighted by molar-refractivity contribution is -0.139. The summed E-state index contributed by atoms with van der Waals surface area (Å²) in [5, 5.41) is 1.30. The third-order valence-electron chi connectivity index (χ3n) is 7.30. The van der Waals surface area contributed by atoms with E-state index in [2.05, 4.69) is 34.6 Å². The largest absolute Gasteiger partial charge is 0.372 e. The summed E-state index contributed by atoms with van der Waals surface area (Å²) < 4.78 is 0. The van der Waals surface area contributed by atoms with Gasteiger partial charge in [0, 0.05) is 37.9 Å². The van der Waals surface area contributed by atoms with Crippen molar-refractivity contribution in [2.75, 3.05) is 30.0 Å². The lowest BCUT2D eigenvalue weighted by Crippen LogP contribution is -2.59. The number of hydrazine groups is 1. The van der Waals surface area contributed by atoms with E-state index in [1.165, 1.54) is 30.0 Å². The molecule has 0 spiro atoms. The van der Waals surface area contributed by atoms with Gasteiger partial charge < -0.3 is 9.80 Å². The first-order chi connectivity index (χ1) is 17.0. The number of carbonyl (C=O) groups excluding carboxylic acids is 3. The summed E-state index contributed by atoms with van der Waals surface area (Å²) in [7, 11) is 1.78. The van der Waals surface area contributed by atoms with E-state index in [0.717, 1.165) is 18.7 Å². The van der Waals surface area contributed by atoms with Crippen LogP contribution in [0.1, 0.15) is 48.0 Å². The molecule has 2 fully saturated rings. The van der Waals surface area contributed by atoms with Crippen molar-refractivity contribution in [3.63, 3.8) is 0 Å². The van der Waals surface area contributed by atoms with E-state index in [4.69, 9.17) is 0 Å².